The first-order chi connectivity index (χ1) is 9.30. The van der Waals surface area contributed by atoms with Crippen LogP contribution in [0.1, 0.15) is 37.8 Å². The Morgan fingerprint density at radius 3 is 2.89 bits per heavy atom. The molecule has 5 nitrogen and oxygen atoms in total. The van der Waals surface area contributed by atoms with Crippen LogP contribution >= 0.6 is 0 Å². The van der Waals surface area contributed by atoms with Crippen molar-refractivity contribution in [1.82, 2.24) is 19.7 Å². The first kappa shape index (κ1) is 12.1. The van der Waals surface area contributed by atoms with Crippen LogP contribution in [0.4, 0.5) is 5.82 Å². The van der Waals surface area contributed by atoms with Gasteiger partial charge in [-0.15, -0.1) is 0 Å². The number of nitrogens with one attached hydrogen (secondary N) is 1. The van der Waals surface area contributed by atoms with Crippen molar-refractivity contribution in [2.75, 3.05) is 12.4 Å². The molecule has 0 aromatic carbocycles. The second-order valence-electron chi connectivity index (χ2n) is 5.02. The average Bonchev–Trinajstić information content (AvgIpc) is 3.19. The molecule has 0 spiro atoms. The van der Waals surface area contributed by atoms with Gasteiger partial charge in [0.1, 0.15) is 5.82 Å². The Balaban J connectivity index is 1.95. The van der Waals surface area contributed by atoms with Crippen molar-refractivity contribution in [3.8, 4) is 11.4 Å². The van der Waals surface area contributed by atoms with Gasteiger partial charge in [-0.3, -0.25) is 4.68 Å². The number of aromatic nitrogens is 4. The lowest BCUT2D eigenvalue weighted by atomic mass is 10.2. The van der Waals surface area contributed by atoms with Crippen LogP contribution in [-0.2, 0) is 6.54 Å². The summed E-state index contributed by atoms with van der Waals surface area (Å²) in [7, 11) is 1.89. The Kier molecular flexibility index (Phi) is 3.19. The van der Waals surface area contributed by atoms with Crippen LogP contribution in [-0.4, -0.2) is 26.8 Å². The van der Waals surface area contributed by atoms with E-state index in [9.17, 15) is 0 Å². The van der Waals surface area contributed by atoms with Crippen molar-refractivity contribution >= 4 is 5.82 Å². The molecule has 0 atom stereocenters. The van der Waals surface area contributed by atoms with Gasteiger partial charge >= 0.3 is 0 Å². The number of hydrogen-bond donors (Lipinski definition) is 1. The summed E-state index contributed by atoms with van der Waals surface area (Å²) in [5, 5.41) is 7.46. The molecule has 5 heteroatoms. The second-order valence-corrected chi connectivity index (χ2v) is 5.02. The summed E-state index contributed by atoms with van der Waals surface area (Å²) in [5.74, 6) is 2.28. The number of nitrogens with zero attached hydrogens (tertiary/aromatic N) is 4. The summed E-state index contributed by atoms with van der Waals surface area (Å²) in [6.45, 7) is 3.08. The normalized spacial score (nSPS) is 14.6. The van der Waals surface area contributed by atoms with Crippen molar-refractivity contribution < 1.29 is 0 Å². The molecule has 2 heterocycles. The molecule has 0 saturated heterocycles. The number of aryl methyl sites for hydroxylation is 1. The maximum atomic E-state index is 4.68. The minimum Gasteiger partial charge on any atom is -0.373 e. The van der Waals surface area contributed by atoms with E-state index in [1.165, 1.54) is 12.8 Å². The minimum atomic E-state index is 0.625. The highest BCUT2D eigenvalue weighted by molar-refractivity contribution is 5.56. The molecule has 1 saturated carbocycles. The third-order valence-electron chi connectivity index (χ3n) is 3.34. The van der Waals surface area contributed by atoms with E-state index in [2.05, 4.69) is 33.4 Å². The summed E-state index contributed by atoms with van der Waals surface area (Å²) in [5.41, 5.74) is 2.14. The van der Waals surface area contributed by atoms with Crippen LogP contribution in [0.2, 0.25) is 0 Å². The van der Waals surface area contributed by atoms with Crippen molar-refractivity contribution in [3.05, 3.63) is 24.2 Å². The zero-order valence-electron chi connectivity index (χ0n) is 11.4. The van der Waals surface area contributed by atoms with E-state index in [1.54, 1.807) is 0 Å². The largest absolute Gasteiger partial charge is 0.373 e. The molecule has 0 radical (unpaired) electrons. The molecular formula is C14H19N5. The minimum absolute atomic E-state index is 0.625. The van der Waals surface area contributed by atoms with Gasteiger partial charge in [0.05, 0.1) is 11.8 Å². The van der Waals surface area contributed by atoms with Gasteiger partial charge in [0.25, 0.3) is 0 Å². The molecule has 2 aromatic rings. The summed E-state index contributed by atoms with van der Waals surface area (Å²) in [6, 6.07) is 2.05. The van der Waals surface area contributed by atoms with Crippen molar-refractivity contribution in [1.29, 1.82) is 0 Å². The van der Waals surface area contributed by atoms with Gasteiger partial charge in [0, 0.05) is 37.5 Å². The Bertz CT molecular complexity index is 571. The summed E-state index contributed by atoms with van der Waals surface area (Å²) >= 11 is 0. The maximum absolute atomic E-state index is 4.68. The molecule has 2 aromatic heterocycles. The predicted octanol–water partition coefficient (Wildman–Crippen LogP) is 2.67. The molecule has 0 aliphatic heterocycles. The first-order valence-corrected chi connectivity index (χ1v) is 6.89. The van der Waals surface area contributed by atoms with Gasteiger partial charge < -0.3 is 5.32 Å². The van der Waals surface area contributed by atoms with E-state index >= 15 is 0 Å². The summed E-state index contributed by atoms with van der Waals surface area (Å²) in [6.07, 6.45) is 7.44. The third kappa shape index (κ3) is 2.59. The van der Waals surface area contributed by atoms with Crippen molar-refractivity contribution in [2.24, 2.45) is 0 Å². The Morgan fingerprint density at radius 2 is 2.21 bits per heavy atom. The molecule has 0 bridgehead atoms. The number of rotatable bonds is 5. The van der Waals surface area contributed by atoms with Gasteiger partial charge in [-0.25, -0.2) is 9.97 Å². The van der Waals surface area contributed by atoms with Gasteiger partial charge in [0.2, 0.25) is 0 Å². The van der Waals surface area contributed by atoms with Crippen LogP contribution in [0.3, 0.4) is 0 Å². The fraction of sp³-hybridized carbons (Fsp3) is 0.500. The first-order valence-electron chi connectivity index (χ1n) is 6.89. The molecule has 0 amide bonds. The van der Waals surface area contributed by atoms with E-state index in [0.717, 1.165) is 35.9 Å². The fourth-order valence-electron chi connectivity index (χ4n) is 2.14. The number of anilines is 1. The lowest BCUT2D eigenvalue weighted by molar-refractivity contribution is 0.603. The Hall–Kier alpha value is -1.91. The monoisotopic (exact) mass is 257 g/mol. The zero-order chi connectivity index (χ0) is 13.2. The molecule has 100 valence electrons. The van der Waals surface area contributed by atoms with Gasteiger partial charge in [-0.05, 0) is 19.3 Å². The lowest BCUT2D eigenvalue weighted by Crippen LogP contribution is -2.00. The van der Waals surface area contributed by atoms with Gasteiger partial charge in [-0.1, -0.05) is 6.92 Å². The molecule has 19 heavy (non-hydrogen) atoms. The highest BCUT2D eigenvalue weighted by atomic mass is 15.3. The van der Waals surface area contributed by atoms with Crippen LogP contribution in [0.5, 0.6) is 0 Å². The van der Waals surface area contributed by atoms with E-state index < -0.39 is 0 Å². The van der Waals surface area contributed by atoms with Crippen LogP contribution in [0.15, 0.2) is 18.5 Å². The van der Waals surface area contributed by atoms with E-state index in [4.69, 9.17) is 0 Å². The molecule has 1 N–H and O–H groups in total. The van der Waals surface area contributed by atoms with Gasteiger partial charge in [0.15, 0.2) is 5.82 Å². The molecule has 1 fully saturated rings. The SMILES string of the molecule is CCCn1cc(-c2nc(NC)cc(C3CC3)n2)cn1. The molecule has 1 aliphatic rings. The second kappa shape index (κ2) is 4.99. The van der Waals surface area contributed by atoms with Crippen LogP contribution in [0, 0.1) is 0 Å². The molecule has 0 unspecified atom stereocenters. The summed E-state index contributed by atoms with van der Waals surface area (Å²) in [4.78, 5) is 9.21. The molecular weight excluding hydrogens is 238 g/mol. The Labute approximate surface area is 113 Å². The van der Waals surface area contributed by atoms with E-state index in [0.29, 0.717) is 5.92 Å². The average molecular weight is 257 g/mol. The van der Waals surface area contributed by atoms with E-state index in [-0.39, 0.29) is 0 Å². The van der Waals surface area contributed by atoms with Crippen molar-refractivity contribution in [2.45, 2.75) is 38.6 Å². The molecule has 1 aliphatic carbocycles. The highest BCUT2D eigenvalue weighted by Crippen LogP contribution is 2.40. The Morgan fingerprint density at radius 1 is 1.37 bits per heavy atom. The lowest BCUT2D eigenvalue weighted by Gasteiger charge is -2.05. The third-order valence-corrected chi connectivity index (χ3v) is 3.34. The highest BCUT2D eigenvalue weighted by Gasteiger charge is 2.26. The quantitative estimate of drug-likeness (QED) is 0.894. The number of hydrogen-bond acceptors (Lipinski definition) is 4. The standard InChI is InChI=1S/C14H19N5/c1-3-6-19-9-11(8-16-19)14-17-12(10-4-5-10)7-13(15-2)18-14/h7-10H,3-6H2,1-2H3,(H,15,17,18). The smallest absolute Gasteiger partial charge is 0.164 e. The topological polar surface area (TPSA) is 55.6 Å². The predicted molar refractivity (Wildman–Crippen MR) is 75.1 cm³/mol. The fourth-order valence-corrected chi connectivity index (χ4v) is 2.14. The van der Waals surface area contributed by atoms with E-state index in [1.807, 2.05) is 24.1 Å². The van der Waals surface area contributed by atoms with Crippen LogP contribution in [0.25, 0.3) is 11.4 Å². The molecule has 3 rings (SSSR count). The van der Waals surface area contributed by atoms with Gasteiger partial charge in [-0.2, -0.15) is 5.10 Å². The van der Waals surface area contributed by atoms with Crippen LogP contribution < -0.4 is 5.32 Å². The van der Waals surface area contributed by atoms with Crippen molar-refractivity contribution in [3.63, 3.8) is 0 Å². The maximum Gasteiger partial charge on any atom is 0.164 e. The summed E-state index contributed by atoms with van der Waals surface area (Å²) < 4.78 is 1.95. The zero-order valence-corrected chi connectivity index (χ0v) is 11.4.